The summed E-state index contributed by atoms with van der Waals surface area (Å²) in [4.78, 5) is 12.5. The number of pyridine rings is 1. The Morgan fingerprint density at radius 3 is 2.42 bits per heavy atom. The van der Waals surface area contributed by atoms with Gasteiger partial charge < -0.3 is 4.57 Å². The number of hydrogen-bond acceptors (Lipinski definition) is 2. The molecule has 0 spiro atoms. The van der Waals surface area contributed by atoms with E-state index in [9.17, 15) is 4.79 Å². The molecule has 1 saturated carbocycles. The standard InChI is InChI=1S/C16H17NOS/c1-11-2-4-12(5-3-11)15-9-6-13(10-19)16(18)17(15)14-7-8-14/h2-6,9,14,19H,7-8,10H2,1H3. The van der Waals surface area contributed by atoms with Gasteiger partial charge in [0.1, 0.15) is 0 Å². The molecule has 0 aliphatic heterocycles. The van der Waals surface area contributed by atoms with E-state index in [1.807, 2.05) is 10.6 Å². The van der Waals surface area contributed by atoms with Gasteiger partial charge in [-0.15, -0.1) is 0 Å². The van der Waals surface area contributed by atoms with Crippen molar-refractivity contribution < 1.29 is 0 Å². The Hall–Kier alpha value is -1.48. The highest BCUT2D eigenvalue weighted by Crippen LogP contribution is 2.37. The summed E-state index contributed by atoms with van der Waals surface area (Å²) in [6, 6.07) is 12.7. The second-order valence-electron chi connectivity index (χ2n) is 5.17. The fraction of sp³-hybridized carbons (Fsp3) is 0.312. The van der Waals surface area contributed by atoms with Crippen LogP contribution in [0.25, 0.3) is 11.3 Å². The van der Waals surface area contributed by atoms with Crippen LogP contribution in [0.2, 0.25) is 0 Å². The van der Waals surface area contributed by atoms with Gasteiger partial charge in [-0.2, -0.15) is 12.6 Å². The number of rotatable bonds is 3. The molecule has 2 aromatic rings. The van der Waals surface area contributed by atoms with Crippen LogP contribution >= 0.6 is 12.6 Å². The first-order valence-corrected chi connectivity index (χ1v) is 7.26. The van der Waals surface area contributed by atoms with Gasteiger partial charge in [0.25, 0.3) is 5.56 Å². The molecule has 1 aromatic heterocycles. The largest absolute Gasteiger partial charge is 0.305 e. The molecule has 1 fully saturated rings. The second-order valence-corrected chi connectivity index (χ2v) is 5.49. The summed E-state index contributed by atoms with van der Waals surface area (Å²) in [5.74, 6) is 0.500. The molecule has 1 aliphatic carbocycles. The van der Waals surface area contributed by atoms with E-state index in [1.165, 1.54) is 5.56 Å². The predicted octanol–water partition coefficient (Wildman–Crippen LogP) is 3.59. The smallest absolute Gasteiger partial charge is 0.255 e. The maximum absolute atomic E-state index is 12.5. The highest BCUT2D eigenvalue weighted by atomic mass is 32.1. The van der Waals surface area contributed by atoms with Crippen LogP contribution in [0.15, 0.2) is 41.2 Å². The van der Waals surface area contributed by atoms with Gasteiger partial charge in [-0.25, -0.2) is 0 Å². The van der Waals surface area contributed by atoms with Crippen molar-refractivity contribution in [2.45, 2.75) is 31.6 Å². The summed E-state index contributed by atoms with van der Waals surface area (Å²) in [5.41, 5.74) is 4.27. The summed E-state index contributed by atoms with van der Waals surface area (Å²) in [6.45, 7) is 2.07. The number of benzene rings is 1. The lowest BCUT2D eigenvalue weighted by atomic mass is 10.1. The van der Waals surface area contributed by atoms with Gasteiger partial charge >= 0.3 is 0 Å². The van der Waals surface area contributed by atoms with Gasteiger partial charge in [0, 0.05) is 17.4 Å². The Morgan fingerprint density at radius 2 is 1.84 bits per heavy atom. The molecule has 1 aromatic carbocycles. The average Bonchev–Trinajstić information content (AvgIpc) is 3.23. The van der Waals surface area contributed by atoms with Gasteiger partial charge in [-0.1, -0.05) is 35.9 Å². The van der Waals surface area contributed by atoms with Crippen molar-refractivity contribution in [3.63, 3.8) is 0 Å². The lowest BCUT2D eigenvalue weighted by Gasteiger charge is -2.14. The van der Waals surface area contributed by atoms with Gasteiger partial charge in [0.05, 0.1) is 5.69 Å². The third kappa shape index (κ3) is 2.35. The Balaban J connectivity index is 2.18. The van der Waals surface area contributed by atoms with Crippen molar-refractivity contribution in [2.24, 2.45) is 0 Å². The summed E-state index contributed by atoms with van der Waals surface area (Å²) < 4.78 is 1.95. The molecular formula is C16H17NOS. The molecule has 98 valence electrons. The third-order valence-electron chi connectivity index (χ3n) is 3.63. The Bertz CT molecular complexity index is 653. The maximum atomic E-state index is 12.5. The fourth-order valence-electron chi connectivity index (χ4n) is 2.37. The van der Waals surface area contributed by atoms with Gasteiger partial charge in [-0.3, -0.25) is 4.79 Å². The third-order valence-corrected chi connectivity index (χ3v) is 3.97. The molecule has 0 unspecified atom stereocenters. The summed E-state index contributed by atoms with van der Waals surface area (Å²) >= 11 is 4.24. The lowest BCUT2D eigenvalue weighted by Crippen LogP contribution is -2.23. The molecule has 0 radical (unpaired) electrons. The van der Waals surface area contributed by atoms with Crippen molar-refractivity contribution in [1.29, 1.82) is 0 Å². The van der Waals surface area contributed by atoms with Crippen molar-refractivity contribution in [2.75, 3.05) is 0 Å². The zero-order valence-electron chi connectivity index (χ0n) is 11.0. The zero-order valence-corrected chi connectivity index (χ0v) is 11.9. The van der Waals surface area contributed by atoms with E-state index in [0.29, 0.717) is 11.8 Å². The number of nitrogens with zero attached hydrogens (tertiary/aromatic N) is 1. The molecule has 0 bridgehead atoms. The normalized spacial score (nSPS) is 14.6. The van der Waals surface area contributed by atoms with Crippen LogP contribution in [0.3, 0.4) is 0 Å². The van der Waals surface area contributed by atoms with Crippen LogP contribution in [0.5, 0.6) is 0 Å². The lowest BCUT2D eigenvalue weighted by molar-refractivity contribution is 0.709. The van der Waals surface area contributed by atoms with Crippen molar-refractivity contribution in [1.82, 2.24) is 4.57 Å². The van der Waals surface area contributed by atoms with E-state index in [0.717, 1.165) is 29.7 Å². The van der Waals surface area contributed by atoms with Gasteiger partial charge in [0.15, 0.2) is 0 Å². The number of aryl methyl sites for hydroxylation is 1. The number of aromatic nitrogens is 1. The highest BCUT2D eigenvalue weighted by Gasteiger charge is 2.27. The Morgan fingerprint density at radius 1 is 1.16 bits per heavy atom. The average molecular weight is 271 g/mol. The predicted molar refractivity (Wildman–Crippen MR) is 81.8 cm³/mol. The first-order valence-electron chi connectivity index (χ1n) is 6.63. The van der Waals surface area contributed by atoms with Crippen LogP contribution in [0, 0.1) is 6.92 Å². The van der Waals surface area contributed by atoms with E-state index in [1.54, 1.807) is 0 Å². The van der Waals surface area contributed by atoms with Gasteiger partial charge in [-0.05, 0) is 31.4 Å². The van der Waals surface area contributed by atoms with E-state index in [4.69, 9.17) is 0 Å². The molecule has 0 amide bonds. The molecule has 3 rings (SSSR count). The summed E-state index contributed by atoms with van der Waals surface area (Å²) in [5, 5.41) is 0. The van der Waals surface area contributed by atoms with Crippen LogP contribution < -0.4 is 5.56 Å². The van der Waals surface area contributed by atoms with E-state index in [-0.39, 0.29) is 5.56 Å². The van der Waals surface area contributed by atoms with Crippen molar-refractivity contribution >= 4 is 12.6 Å². The molecule has 0 saturated heterocycles. The number of hydrogen-bond donors (Lipinski definition) is 1. The molecular weight excluding hydrogens is 254 g/mol. The van der Waals surface area contributed by atoms with E-state index < -0.39 is 0 Å². The van der Waals surface area contributed by atoms with Crippen molar-refractivity contribution in [3.8, 4) is 11.3 Å². The molecule has 3 heteroatoms. The fourth-order valence-corrected chi connectivity index (χ4v) is 2.61. The molecule has 0 N–H and O–H groups in total. The van der Waals surface area contributed by atoms with Crippen LogP contribution in [0.4, 0.5) is 0 Å². The van der Waals surface area contributed by atoms with E-state index >= 15 is 0 Å². The minimum Gasteiger partial charge on any atom is -0.305 e. The molecule has 1 heterocycles. The molecule has 1 aliphatic rings. The molecule has 0 atom stereocenters. The topological polar surface area (TPSA) is 22.0 Å². The van der Waals surface area contributed by atoms with Crippen molar-refractivity contribution in [3.05, 3.63) is 57.9 Å². The van der Waals surface area contributed by atoms with Crippen LogP contribution in [-0.4, -0.2) is 4.57 Å². The minimum atomic E-state index is 0.121. The minimum absolute atomic E-state index is 0.121. The molecule has 19 heavy (non-hydrogen) atoms. The quantitative estimate of drug-likeness (QED) is 0.847. The monoisotopic (exact) mass is 271 g/mol. The molecule has 2 nitrogen and oxygen atoms in total. The van der Waals surface area contributed by atoms with Gasteiger partial charge in [0.2, 0.25) is 0 Å². The SMILES string of the molecule is Cc1ccc(-c2ccc(CS)c(=O)n2C2CC2)cc1. The Labute approximate surface area is 118 Å². The van der Waals surface area contributed by atoms with Crippen LogP contribution in [0.1, 0.15) is 30.0 Å². The first kappa shape index (κ1) is 12.5. The summed E-state index contributed by atoms with van der Waals surface area (Å²) in [7, 11) is 0. The van der Waals surface area contributed by atoms with E-state index in [2.05, 4.69) is 49.9 Å². The first-order chi connectivity index (χ1) is 9.20. The summed E-state index contributed by atoms with van der Waals surface area (Å²) in [6.07, 6.45) is 2.21. The Kier molecular flexibility index (Phi) is 3.23. The maximum Gasteiger partial charge on any atom is 0.255 e. The highest BCUT2D eigenvalue weighted by molar-refractivity contribution is 7.79. The van der Waals surface area contributed by atoms with Crippen LogP contribution in [-0.2, 0) is 5.75 Å². The zero-order chi connectivity index (χ0) is 13.4. The second kappa shape index (κ2) is 4.89. The number of thiol groups is 1.